The van der Waals surface area contributed by atoms with Crippen molar-refractivity contribution in [3.05, 3.63) is 11.6 Å². The minimum atomic E-state index is 1.00. The van der Waals surface area contributed by atoms with Crippen LogP contribution >= 0.6 is 0 Å². The van der Waals surface area contributed by atoms with Gasteiger partial charge in [-0.3, -0.25) is 0 Å². The lowest BCUT2D eigenvalue weighted by Crippen LogP contribution is -1.99. The topological polar surface area (TPSA) is 0 Å². The van der Waals surface area contributed by atoms with Gasteiger partial charge in [0.15, 0.2) is 0 Å². The van der Waals surface area contributed by atoms with Crippen molar-refractivity contribution in [2.75, 3.05) is 0 Å². The van der Waals surface area contributed by atoms with E-state index in [1.54, 1.807) is 5.57 Å². The van der Waals surface area contributed by atoms with E-state index in [2.05, 4.69) is 33.8 Å². The minimum Gasteiger partial charge on any atom is -0.0853 e. The molecule has 0 amide bonds. The van der Waals surface area contributed by atoms with E-state index >= 15 is 0 Å². The predicted molar refractivity (Wildman–Crippen MR) is 127 cm³/mol. The van der Waals surface area contributed by atoms with Crippen molar-refractivity contribution in [2.45, 2.75) is 156 Å². The smallest absolute Gasteiger partial charge is 0.0320 e. The molecule has 0 aliphatic heterocycles. The maximum atomic E-state index is 2.56. The van der Waals surface area contributed by atoms with E-state index in [0.717, 1.165) is 5.92 Å². The second-order valence-electron chi connectivity index (χ2n) is 8.85. The molecule has 0 heteroatoms. The van der Waals surface area contributed by atoms with Crippen LogP contribution in [0.2, 0.25) is 0 Å². The molecule has 0 aliphatic carbocycles. The van der Waals surface area contributed by atoms with Crippen molar-refractivity contribution in [2.24, 2.45) is 5.92 Å². The van der Waals surface area contributed by atoms with Gasteiger partial charge in [-0.15, -0.1) is 0 Å². The zero-order valence-electron chi connectivity index (χ0n) is 19.8. The van der Waals surface area contributed by atoms with Gasteiger partial charge in [0.05, 0.1) is 0 Å². The summed E-state index contributed by atoms with van der Waals surface area (Å²) in [6, 6.07) is 0. The Morgan fingerprint density at radius 3 is 1.67 bits per heavy atom. The van der Waals surface area contributed by atoms with Crippen molar-refractivity contribution >= 4 is 0 Å². The summed E-state index contributed by atoms with van der Waals surface area (Å²) in [7, 11) is 0. The Kier molecular flexibility index (Phi) is 21.8. The zero-order valence-corrected chi connectivity index (χ0v) is 19.8. The molecule has 1 unspecified atom stereocenters. The van der Waals surface area contributed by atoms with Crippen LogP contribution in [0.4, 0.5) is 0 Å². The summed E-state index contributed by atoms with van der Waals surface area (Å²) >= 11 is 0. The molecule has 0 rings (SSSR count). The Hall–Kier alpha value is -0.260. The van der Waals surface area contributed by atoms with E-state index in [-0.39, 0.29) is 0 Å². The largest absolute Gasteiger partial charge is 0.0853 e. The molecule has 0 aromatic carbocycles. The first kappa shape index (κ1) is 26.7. The fraction of sp³-hybridized carbons (Fsp3) is 0.926. The zero-order chi connectivity index (χ0) is 20.0. The average molecular weight is 379 g/mol. The van der Waals surface area contributed by atoms with E-state index in [9.17, 15) is 0 Å². The molecule has 162 valence electrons. The SMILES string of the molecule is CCCCCCCCCCC(CC)CCCCCC=C(CC)CCCCC. The maximum Gasteiger partial charge on any atom is -0.0320 e. The summed E-state index contributed by atoms with van der Waals surface area (Å²) < 4.78 is 0. The van der Waals surface area contributed by atoms with Crippen LogP contribution in [-0.4, -0.2) is 0 Å². The summed E-state index contributed by atoms with van der Waals surface area (Å²) in [5, 5.41) is 0. The van der Waals surface area contributed by atoms with Gasteiger partial charge in [-0.2, -0.15) is 0 Å². The molecule has 0 nitrogen and oxygen atoms in total. The third kappa shape index (κ3) is 18.9. The first-order valence-electron chi connectivity index (χ1n) is 13.0. The molecule has 0 aliphatic rings. The molecule has 0 saturated heterocycles. The Bertz CT molecular complexity index is 301. The van der Waals surface area contributed by atoms with Crippen molar-refractivity contribution in [3.8, 4) is 0 Å². The van der Waals surface area contributed by atoms with Crippen LogP contribution in [-0.2, 0) is 0 Å². The van der Waals surface area contributed by atoms with Gasteiger partial charge in [-0.05, 0) is 38.0 Å². The first-order valence-corrected chi connectivity index (χ1v) is 13.0. The molecule has 0 bridgehead atoms. The Balaban J connectivity index is 3.58. The summed E-state index contributed by atoms with van der Waals surface area (Å²) in [4.78, 5) is 0. The lowest BCUT2D eigenvalue weighted by Gasteiger charge is -2.14. The van der Waals surface area contributed by atoms with Gasteiger partial charge in [0.1, 0.15) is 0 Å². The van der Waals surface area contributed by atoms with E-state index in [0.29, 0.717) is 0 Å². The van der Waals surface area contributed by atoms with Gasteiger partial charge < -0.3 is 0 Å². The van der Waals surface area contributed by atoms with Gasteiger partial charge >= 0.3 is 0 Å². The Morgan fingerprint density at radius 2 is 1.11 bits per heavy atom. The molecule has 0 radical (unpaired) electrons. The molecular formula is C27H54. The van der Waals surface area contributed by atoms with E-state index < -0.39 is 0 Å². The number of unbranched alkanes of at least 4 members (excludes halogenated alkanes) is 12. The average Bonchev–Trinajstić information content (AvgIpc) is 2.69. The number of allylic oxidation sites excluding steroid dienone is 2. The molecular weight excluding hydrogens is 324 g/mol. The second-order valence-corrected chi connectivity index (χ2v) is 8.85. The van der Waals surface area contributed by atoms with Crippen molar-refractivity contribution < 1.29 is 0 Å². The standard InChI is InChI=1S/C27H54/c1-5-9-11-12-13-14-15-19-23-27(8-4)25-21-17-16-20-24-26(7-3)22-18-10-6-2/h24,27H,5-23,25H2,1-4H3. The molecule has 1 atom stereocenters. The summed E-state index contributed by atoms with van der Waals surface area (Å²) in [5.74, 6) is 1.00. The predicted octanol–water partition coefficient (Wildman–Crippen LogP) is 10.4. The third-order valence-electron chi connectivity index (χ3n) is 6.35. The minimum absolute atomic E-state index is 1.00. The fourth-order valence-corrected chi connectivity index (χ4v) is 4.21. The van der Waals surface area contributed by atoms with Crippen LogP contribution in [0.25, 0.3) is 0 Å². The number of rotatable bonds is 21. The lowest BCUT2D eigenvalue weighted by atomic mass is 9.92. The van der Waals surface area contributed by atoms with Crippen molar-refractivity contribution in [1.29, 1.82) is 0 Å². The fourth-order valence-electron chi connectivity index (χ4n) is 4.21. The van der Waals surface area contributed by atoms with Gasteiger partial charge in [-0.25, -0.2) is 0 Å². The molecule has 27 heavy (non-hydrogen) atoms. The Labute approximate surface area is 174 Å². The van der Waals surface area contributed by atoms with Gasteiger partial charge in [0.2, 0.25) is 0 Å². The highest BCUT2D eigenvalue weighted by molar-refractivity contribution is 5.00. The Morgan fingerprint density at radius 1 is 0.593 bits per heavy atom. The van der Waals surface area contributed by atoms with Crippen LogP contribution in [0.3, 0.4) is 0 Å². The van der Waals surface area contributed by atoms with Crippen LogP contribution < -0.4 is 0 Å². The normalized spacial score (nSPS) is 13.3. The van der Waals surface area contributed by atoms with Crippen LogP contribution in [0.1, 0.15) is 156 Å². The molecule has 0 aromatic heterocycles. The molecule has 0 spiro atoms. The lowest BCUT2D eigenvalue weighted by molar-refractivity contribution is 0.394. The second kappa shape index (κ2) is 22.0. The molecule has 0 aromatic rings. The molecule has 0 saturated carbocycles. The van der Waals surface area contributed by atoms with Gasteiger partial charge in [0.25, 0.3) is 0 Å². The van der Waals surface area contributed by atoms with Gasteiger partial charge in [-0.1, -0.05) is 136 Å². The highest BCUT2D eigenvalue weighted by atomic mass is 14.1. The highest BCUT2D eigenvalue weighted by Gasteiger charge is 2.06. The summed E-state index contributed by atoms with van der Waals surface area (Å²) in [5.41, 5.74) is 1.71. The highest BCUT2D eigenvalue weighted by Crippen LogP contribution is 2.22. The van der Waals surface area contributed by atoms with Gasteiger partial charge in [0, 0.05) is 0 Å². The monoisotopic (exact) mass is 378 g/mol. The maximum absolute atomic E-state index is 2.56. The first-order chi connectivity index (χ1) is 13.3. The molecule has 0 heterocycles. The van der Waals surface area contributed by atoms with E-state index in [1.165, 1.54) is 128 Å². The quantitative estimate of drug-likeness (QED) is 0.138. The van der Waals surface area contributed by atoms with Crippen LogP contribution in [0, 0.1) is 5.92 Å². The molecule has 0 N–H and O–H groups in total. The summed E-state index contributed by atoms with van der Waals surface area (Å²) in [6.45, 7) is 9.34. The van der Waals surface area contributed by atoms with Crippen LogP contribution in [0.15, 0.2) is 11.6 Å². The van der Waals surface area contributed by atoms with E-state index in [1.807, 2.05) is 0 Å². The van der Waals surface area contributed by atoms with Crippen molar-refractivity contribution in [1.82, 2.24) is 0 Å². The summed E-state index contributed by atoms with van der Waals surface area (Å²) in [6.07, 6.45) is 31.0. The number of hydrogen-bond donors (Lipinski definition) is 0. The third-order valence-corrected chi connectivity index (χ3v) is 6.35. The van der Waals surface area contributed by atoms with Crippen molar-refractivity contribution in [3.63, 3.8) is 0 Å². The van der Waals surface area contributed by atoms with E-state index in [4.69, 9.17) is 0 Å². The number of hydrogen-bond acceptors (Lipinski definition) is 0. The van der Waals surface area contributed by atoms with Crippen LogP contribution in [0.5, 0.6) is 0 Å². The molecule has 0 fully saturated rings.